The number of hydrogen-bond acceptors (Lipinski definition) is 4. The fourth-order valence-corrected chi connectivity index (χ4v) is 1.77. The van der Waals surface area contributed by atoms with Crippen molar-refractivity contribution in [3.63, 3.8) is 0 Å². The second-order valence-corrected chi connectivity index (χ2v) is 3.69. The maximum atomic E-state index is 5.87. The molecule has 0 aliphatic carbocycles. The third-order valence-electron chi connectivity index (χ3n) is 2.50. The fraction of sp³-hybridized carbons (Fsp3) is 0. The first-order valence-corrected chi connectivity index (χ1v) is 4.95. The van der Waals surface area contributed by atoms with Gasteiger partial charge in [0.25, 0.3) is 0 Å². The van der Waals surface area contributed by atoms with Crippen LogP contribution >= 0.6 is 0 Å². The number of nitrogens with zero attached hydrogens (tertiary/aromatic N) is 2. The molecule has 4 N–H and O–H groups in total. The largest absolute Gasteiger partial charge is 0.399 e. The highest BCUT2D eigenvalue weighted by molar-refractivity contribution is 5.94. The van der Waals surface area contributed by atoms with Crippen LogP contribution in [0.5, 0.6) is 0 Å². The monoisotopic (exact) mass is 210 g/mol. The zero-order chi connectivity index (χ0) is 11.1. The molecule has 0 aliphatic rings. The van der Waals surface area contributed by atoms with Crippen LogP contribution in [0.1, 0.15) is 0 Å². The Morgan fingerprint density at radius 3 is 2.25 bits per heavy atom. The Balaban J connectivity index is 2.51. The quantitative estimate of drug-likeness (QED) is 0.439. The third-order valence-corrected chi connectivity index (χ3v) is 2.50. The van der Waals surface area contributed by atoms with Gasteiger partial charge in [0.2, 0.25) is 0 Å². The van der Waals surface area contributed by atoms with E-state index in [0.717, 1.165) is 16.6 Å². The number of anilines is 2. The van der Waals surface area contributed by atoms with Gasteiger partial charge in [0.15, 0.2) is 0 Å². The minimum Gasteiger partial charge on any atom is -0.399 e. The summed E-state index contributed by atoms with van der Waals surface area (Å²) < 4.78 is 0. The molecule has 4 nitrogen and oxygen atoms in total. The van der Waals surface area contributed by atoms with Crippen molar-refractivity contribution in [2.45, 2.75) is 0 Å². The molecule has 16 heavy (non-hydrogen) atoms. The standard InChI is InChI=1S/C12H10N4/c13-7-5-8(14)12-11(6-7)15-9-3-1-2-4-10(9)16-12/h1-6H,13-14H2. The first kappa shape index (κ1) is 8.91. The van der Waals surface area contributed by atoms with E-state index in [2.05, 4.69) is 9.97 Å². The number of fused-ring (bicyclic) bond motifs is 2. The van der Waals surface area contributed by atoms with Crippen LogP contribution in [0.25, 0.3) is 22.1 Å². The average Bonchev–Trinajstić information content (AvgIpc) is 2.27. The van der Waals surface area contributed by atoms with Crippen molar-refractivity contribution in [1.29, 1.82) is 0 Å². The summed E-state index contributed by atoms with van der Waals surface area (Å²) in [5, 5.41) is 0. The molecular formula is C12H10N4. The summed E-state index contributed by atoms with van der Waals surface area (Å²) in [6.45, 7) is 0. The number of aromatic nitrogens is 2. The lowest BCUT2D eigenvalue weighted by Crippen LogP contribution is -1.95. The van der Waals surface area contributed by atoms with E-state index in [-0.39, 0.29) is 0 Å². The summed E-state index contributed by atoms with van der Waals surface area (Å²) >= 11 is 0. The molecule has 0 fully saturated rings. The molecule has 0 aliphatic heterocycles. The van der Waals surface area contributed by atoms with Crippen molar-refractivity contribution in [1.82, 2.24) is 9.97 Å². The lowest BCUT2D eigenvalue weighted by molar-refractivity contribution is 1.40. The average molecular weight is 210 g/mol. The van der Waals surface area contributed by atoms with Crippen LogP contribution in [0.3, 0.4) is 0 Å². The normalized spacial score (nSPS) is 11.0. The van der Waals surface area contributed by atoms with Gasteiger partial charge in [-0.2, -0.15) is 0 Å². The molecule has 1 aromatic heterocycles. The van der Waals surface area contributed by atoms with Crippen molar-refractivity contribution in [3.05, 3.63) is 36.4 Å². The topological polar surface area (TPSA) is 77.8 Å². The van der Waals surface area contributed by atoms with E-state index >= 15 is 0 Å². The smallest absolute Gasteiger partial charge is 0.112 e. The van der Waals surface area contributed by atoms with Crippen molar-refractivity contribution in [2.24, 2.45) is 0 Å². The van der Waals surface area contributed by atoms with Gasteiger partial charge in [-0.25, -0.2) is 9.97 Å². The van der Waals surface area contributed by atoms with Crippen molar-refractivity contribution in [3.8, 4) is 0 Å². The Labute approximate surface area is 91.9 Å². The van der Waals surface area contributed by atoms with E-state index in [1.165, 1.54) is 0 Å². The summed E-state index contributed by atoms with van der Waals surface area (Å²) in [5.41, 5.74) is 15.9. The van der Waals surface area contributed by atoms with Gasteiger partial charge in [-0.1, -0.05) is 12.1 Å². The van der Waals surface area contributed by atoms with E-state index in [0.29, 0.717) is 16.9 Å². The Kier molecular flexibility index (Phi) is 1.71. The molecule has 0 atom stereocenters. The van der Waals surface area contributed by atoms with Crippen LogP contribution in [-0.4, -0.2) is 9.97 Å². The molecule has 4 heteroatoms. The molecule has 0 unspecified atom stereocenters. The molecule has 0 amide bonds. The van der Waals surface area contributed by atoms with Crippen LogP contribution in [-0.2, 0) is 0 Å². The molecule has 0 spiro atoms. The first-order valence-electron chi connectivity index (χ1n) is 4.95. The van der Waals surface area contributed by atoms with E-state index in [4.69, 9.17) is 11.5 Å². The lowest BCUT2D eigenvalue weighted by atomic mass is 10.2. The Morgan fingerprint density at radius 2 is 1.50 bits per heavy atom. The van der Waals surface area contributed by atoms with E-state index < -0.39 is 0 Å². The van der Waals surface area contributed by atoms with Crippen LogP contribution in [0.4, 0.5) is 11.4 Å². The van der Waals surface area contributed by atoms with E-state index in [1.54, 1.807) is 12.1 Å². The number of hydrogen-bond donors (Lipinski definition) is 2. The molecule has 0 radical (unpaired) electrons. The molecular weight excluding hydrogens is 200 g/mol. The van der Waals surface area contributed by atoms with Crippen LogP contribution < -0.4 is 11.5 Å². The molecule has 78 valence electrons. The van der Waals surface area contributed by atoms with E-state index in [1.807, 2.05) is 24.3 Å². The highest BCUT2D eigenvalue weighted by Crippen LogP contribution is 2.23. The zero-order valence-electron chi connectivity index (χ0n) is 8.51. The predicted molar refractivity (Wildman–Crippen MR) is 65.9 cm³/mol. The summed E-state index contributed by atoms with van der Waals surface area (Å²) in [5.74, 6) is 0. The molecule has 3 aromatic rings. The second kappa shape index (κ2) is 3.06. The molecule has 2 aromatic carbocycles. The van der Waals surface area contributed by atoms with E-state index in [9.17, 15) is 0 Å². The maximum Gasteiger partial charge on any atom is 0.112 e. The Bertz CT molecular complexity index is 691. The van der Waals surface area contributed by atoms with Gasteiger partial charge in [0, 0.05) is 5.69 Å². The minimum atomic E-state index is 0.563. The van der Waals surface area contributed by atoms with Gasteiger partial charge in [0.1, 0.15) is 5.52 Å². The Morgan fingerprint density at radius 1 is 0.812 bits per heavy atom. The number of nitrogen functional groups attached to an aromatic ring is 2. The number of para-hydroxylation sites is 2. The third kappa shape index (κ3) is 1.24. The number of benzene rings is 2. The van der Waals surface area contributed by atoms with Crippen LogP contribution in [0.15, 0.2) is 36.4 Å². The summed E-state index contributed by atoms with van der Waals surface area (Å²) in [6.07, 6.45) is 0. The van der Waals surface area contributed by atoms with Crippen LogP contribution in [0.2, 0.25) is 0 Å². The van der Waals surface area contributed by atoms with Gasteiger partial charge in [0.05, 0.1) is 22.2 Å². The number of rotatable bonds is 0. The van der Waals surface area contributed by atoms with Gasteiger partial charge in [-0.05, 0) is 24.3 Å². The molecule has 0 saturated carbocycles. The van der Waals surface area contributed by atoms with Gasteiger partial charge >= 0.3 is 0 Å². The van der Waals surface area contributed by atoms with Gasteiger partial charge in [-0.3, -0.25) is 0 Å². The lowest BCUT2D eigenvalue weighted by Gasteiger charge is -2.04. The molecule has 3 rings (SSSR count). The summed E-state index contributed by atoms with van der Waals surface area (Å²) in [6, 6.07) is 11.2. The van der Waals surface area contributed by atoms with Gasteiger partial charge in [-0.15, -0.1) is 0 Å². The summed E-state index contributed by atoms with van der Waals surface area (Å²) in [7, 11) is 0. The second-order valence-electron chi connectivity index (χ2n) is 3.69. The number of nitrogens with two attached hydrogens (primary N) is 2. The molecule has 0 saturated heterocycles. The van der Waals surface area contributed by atoms with Crippen LogP contribution in [0, 0.1) is 0 Å². The molecule has 0 bridgehead atoms. The maximum absolute atomic E-state index is 5.87. The first-order chi connectivity index (χ1) is 7.74. The fourth-order valence-electron chi connectivity index (χ4n) is 1.77. The Hall–Kier alpha value is -2.36. The highest BCUT2D eigenvalue weighted by atomic mass is 14.8. The predicted octanol–water partition coefficient (Wildman–Crippen LogP) is 1.95. The summed E-state index contributed by atoms with van der Waals surface area (Å²) in [4.78, 5) is 8.95. The van der Waals surface area contributed by atoms with Gasteiger partial charge < -0.3 is 11.5 Å². The highest BCUT2D eigenvalue weighted by Gasteiger charge is 2.04. The minimum absolute atomic E-state index is 0.563. The van der Waals surface area contributed by atoms with Crippen molar-refractivity contribution >= 4 is 33.4 Å². The zero-order valence-corrected chi connectivity index (χ0v) is 8.51. The molecule has 1 heterocycles. The van der Waals surface area contributed by atoms with Crippen molar-refractivity contribution < 1.29 is 0 Å². The van der Waals surface area contributed by atoms with Crippen molar-refractivity contribution in [2.75, 3.05) is 11.5 Å². The SMILES string of the molecule is Nc1cc(N)c2nc3ccccc3nc2c1.